The summed E-state index contributed by atoms with van der Waals surface area (Å²) in [6.07, 6.45) is 5.12. The first-order chi connectivity index (χ1) is 12.2. The van der Waals surface area contributed by atoms with Gasteiger partial charge in [-0.25, -0.2) is 9.50 Å². The normalized spacial score (nSPS) is 24.1. The SMILES string of the molecule is CCc1cc(=O)n2[nH]c([C@H]3CCCCN3C(=O)[C@H]3CCCO3)cc2n1. The van der Waals surface area contributed by atoms with Crippen molar-refractivity contribution in [1.29, 1.82) is 0 Å². The second kappa shape index (κ2) is 6.63. The average Bonchev–Trinajstić information content (AvgIpc) is 3.31. The van der Waals surface area contributed by atoms with Gasteiger partial charge in [-0.05, 0) is 38.5 Å². The van der Waals surface area contributed by atoms with Crippen molar-refractivity contribution in [2.45, 2.75) is 57.6 Å². The first-order valence-corrected chi connectivity index (χ1v) is 9.21. The van der Waals surface area contributed by atoms with E-state index in [1.54, 1.807) is 6.07 Å². The summed E-state index contributed by atoms with van der Waals surface area (Å²) in [5, 5.41) is 3.17. The van der Waals surface area contributed by atoms with E-state index < -0.39 is 0 Å². The fourth-order valence-electron chi connectivity index (χ4n) is 3.89. The molecule has 2 aromatic heterocycles. The van der Waals surface area contributed by atoms with Crippen LogP contribution in [0.25, 0.3) is 5.65 Å². The van der Waals surface area contributed by atoms with Gasteiger partial charge in [0.05, 0.1) is 11.7 Å². The molecule has 2 fully saturated rings. The molecule has 2 aromatic rings. The van der Waals surface area contributed by atoms with E-state index in [1.165, 1.54) is 4.52 Å². The predicted octanol–water partition coefficient (Wildman–Crippen LogP) is 1.82. The number of rotatable bonds is 3. The van der Waals surface area contributed by atoms with Crippen LogP contribution in [0.15, 0.2) is 16.9 Å². The lowest BCUT2D eigenvalue weighted by Crippen LogP contribution is -2.44. The summed E-state index contributed by atoms with van der Waals surface area (Å²) in [5.41, 5.74) is 2.17. The highest BCUT2D eigenvalue weighted by Crippen LogP contribution is 2.32. The van der Waals surface area contributed by atoms with Gasteiger partial charge in [0.1, 0.15) is 6.10 Å². The first-order valence-electron chi connectivity index (χ1n) is 9.21. The van der Waals surface area contributed by atoms with Crippen LogP contribution in [0.4, 0.5) is 0 Å². The van der Waals surface area contributed by atoms with Crippen molar-refractivity contribution in [3.8, 4) is 0 Å². The van der Waals surface area contributed by atoms with Crippen molar-refractivity contribution in [3.05, 3.63) is 33.9 Å². The van der Waals surface area contributed by atoms with E-state index in [1.807, 2.05) is 17.9 Å². The standard InChI is InChI=1S/C18H24N4O3/c1-2-12-10-17(23)22-16(19-12)11-13(20-22)14-6-3-4-8-21(14)18(24)15-7-5-9-25-15/h10-11,14-15,20H,2-9H2,1H3/t14-,15-/m1/s1. The van der Waals surface area contributed by atoms with Crippen LogP contribution in [0.1, 0.15) is 56.5 Å². The van der Waals surface area contributed by atoms with Crippen molar-refractivity contribution in [2.24, 2.45) is 0 Å². The monoisotopic (exact) mass is 344 g/mol. The third kappa shape index (κ3) is 2.97. The molecule has 2 atom stereocenters. The number of nitrogens with one attached hydrogen (secondary N) is 1. The lowest BCUT2D eigenvalue weighted by atomic mass is 9.98. The summed E-state index contributed by atoms with van der Waals surface area (Å²) in [5.74, 6) is 0.0791. The molecule has 2 aliphatic rings. The van der Waals surface area contributed by atoms with Gasteiger partial charge in [0, 0.05) is 31.0 Å². The largest absolute Gasteiger partial charge is 0.368 e. The van der Waals surface area contributed by atoms with Crippen LogP contribution >= 0.6 is 0 Å². The van der Waals surface area contributed by atoms with Crippen LogP contribution in [0.3, 0.4) is 0 Å². The third-order valence-corrected chi connectivity index (χ3v) is 5.24. The summed E-state index contributed by atoms with van der Waals surface area (Å²) in [6, 6.07) is 3.42. The zero-order valence-corrected chi connectivity index (χ0v) is 14.5. The van der Waals surface area contributed by atoms with Gasteiger partial charge >= 0.3 is 0 Å². The van der Waals surface area contributed by atoms with E-state index >= 15 is 0 Å². The molecule has 1 amide bonds. The Morgan fingerprint density at radius 1 is 1.32 bits per heavy atom. The number of ether oxygens (including phenoxy) is 1. The van der Waals surface area contributed by atoms with Crippen LogP contribution in [-0.2, 0) is 16.0 Å². The van der Waals surface area contributed by atoms with E-state index in [0.717, 1.165) is 56.5 Å². The molecule has 4 rings (SSSR count). The number of aromatic nitrogens is 3. The van der Waals surface area contributed by atoms with Crippen LogP contribution in [0, 0.1) is 0 Å². The Hall–Kier alpha value is -2.15. The maximum absolute atomic E-state index is 12.9. The summed E-state index contributed by atoms with van der Waals surface area (Å²) < 4.78 is 7.06. The highest BCUT2D eigenvalue weighted by molar-refractivity contribution is 5.81. The number of nitrogens with zero attached hydrogens (tertiary/aromatic N) is 3. The smallest absolute Gasteiger partial charge is 0.272 e. The van der Waals surface area contributed by atoms with E-state index in [2.05, 4.69) is 10.1 Å². The zero-order chi connectivity index (χ0) is 17.4. The van der Waals surface area contributed by atoms with E-state index in [0.29, 0.717) is 12.3 Å². The molecular formula is C18H24N4O3. The van der Waals surface area contributed by atoms with Gasteiger partial charge in [-0.1, -0.05) is 6.92 Å². The summed E-state index contributed by atoms with van der Waals surface area (Å²) in [7, 11) is 0. The van der Waals surface area contributed by atoms with Crippen molar-refractivity contribution in [3.63, 3.8) is 0 Å². The topological polar surface area (TPSA) is 79.7 Å². The first kappa shape index (κ1) is 16.3. The van der Waals surface area contributed by atoms with E-state index in [-0.39, 0.29) is 23.6 Å². The minimum absolute atomic E-state index is 0.0448. The molecular weight excluding hydrogens is 320 g/mol. The highest BCUT2D eigenvalue weighted by Gasteiger charge is 2.35. The van der Waals surface area contributed by atoms with Gasteiger partial charge in [-0.15, -0.1) is 0 Å². The van der Waals surface area contributed by atoms with Crippen molar-refractivity contribution in [2.75, 3.05) is 13.2 Å². The molecule has 134 valence electrons. The Kier molecular flexibility index (Phi) is 4.33. The molecule has 0 unspecified atom stereocenters. The number of likely N-dealkylation sites (tertiary alicyclic amines) is 1. The molecule has 0 saturated carbocycles. The van der Waals surface area contributed by atoms with Gasteiger partial charge < -0.3 is 9.64 Å². The Morgan fingerprint density at radius 3 is 2.96 bits per heavy atom. The maximum Gasteiger partial charge on any atom is 0.272 e. The van der Waals surface area contributed by atoms with Crippen LogP contribution < -0.4 is 5.56 Å². The quantitative estimate of drug-likeness (QED) is 0.921. The summed E-state index contributed by atoms with van der Waals surface area (Å²) in [6.45, 7) is 3.39. The molecule has 0 radical (unpaired) electrons. The third-order valence-electron chi connectivity index (χ3n) is 5.24. The van der Waals surface area contributed by atoms with Crippen molar-refractivity contribution < 1.29 is 9.53 Å². The van der Waals surface area contributed by atoms with E-state index in [9.17, 15) is 9.59 Å². The second-order valence-corrected chi connectivity index (χ2v) is 6.89. The Balaban J connectivity index is 1.68. The average molecular weight is 344 g/mol. The highest BCUT2D eigenvalue weighted by atomic mass is 16.5. The molecule has 0 spiro atoms. The molecule has 25 heavy (non-hydrogen) atoms. The van der Waals surface area contributed by atoms with Gasteiger partial charge in [-0.3, -0.25) is 14.7 Å². The predicted molar refractivity (Wildman–Crippen MR) is 92.5 cm³/mol. The molecule has 0 bridgehead atoms. The number of aromatic amines is 1. The van der Waals surface area contributed by atoms with Gasteiger partial charge in [0.25, 0.3) is 11.5 Å². The molecule has 7 nitrogen and oxygen atoms in total. The van der Waals surface area contributed by atoms with Gasteiger partial charge in [-0.2, -0.15) is 0 Å². The molecule has 7 heteroatoms. The lowest BCUT2D eigenvalue weighted by molar-refractivity contribution is -0.145. The molecule has 2 saturated heterocycles. The number of carbonyl (C=O) groups excluding carboxylic acids is 1. The molecule has 4 heterocycles. The number of aryl methyl sites for hydroxylation is 1. The fraction of sp³-hybridized carbons (Fsp3) is 0.611. The second-order valence-electron chi connectivity index (χ2n) is 6.89. The minimum atomic E-state index is -0.308. The number of H-pyrrole nitrogens is 1. The number of piperidine rings is 1. The lowest BCUT2D eigenvalue weighted by Gasteiger charge is -2.36. The van der Waals surface area contributed by atoms with E-state index in [4.69, 9.17) is 4.74 Å². The van der Waals surface area contributed by atoms with Crippen LogP contribution in [0.2, 0.25) is 0 Å². The zero-order valence-electron chi connectivity index (χ0n) is 14.5. The molecule has 0 aromatic carbocycles. The summed E-state index contributed by atoms with van der Waals surface area (Å²) in [4.78, 5) is 31.6. The molecule has 1 N–H and O–H groups in total. The Bertz CT molecular complexity index is 834. The van der Waals surface area contributed by atoms with Crippen LogP contribution in [-0.4, -0.2) is 44.7 Å². The maximum atomic E-state index is 12.9. The number of hydrogen-bond acceptors (Lipinski definition) is 4. The summed E-state index contributed by atoms with van der Waals surface area (Å²) >= 11 is 0. The van der Waals surface area contributed by atoms with Gasteiger partial charge in [0.2, 0.25) is 0 Å². The number of amides is 1. The fourth-order valence-corrected chi connectivity index (χ4v) is 3.89. The van der Waals surface area contributed by atoms with Gasteiger partial charge in [0.15, 0.2) is 5.65 Å². The molecule has 0 aliphatic carbocycles. The number of hydrogen-bond donors (Lipinski definition) is 1. The Morgan fingerprint density at radius 2 is 2.20 bits per heavy atom. The number of fused-ring (bicyclic) bond motifs is 1. The Labute approximate surface area is 146 Å². The minimum Gasteiger partial charge on any atom is -0.368 e. The molecule has 2 aliphatic heterocycles. The number of carbonyl (C=O) groups is 1. The van der Waals surface area contributed by atoms with Crippen molar-refractivity contribution >= 4 is 11.6 Å². The van der Waals surface area contributed by atoms with Crippen LogP contribution in [0.5, 0.6) is 0 Å². The van der Waals surface area contributed by atoms with Crippen molar-refractivity contribution in [1.82, 2.24) is 19.5 Å².